The molecule has 6 heteroatoms. The number of benzene rings is 1. The number of aromatic nitrogens is 2. The summed E-state index contributed by atoms with van der Waals surface area (Å²) >= 11 is 0. The number of aliphatic hydroxyl groups is 1. The molecule has 1 aromatic carbocycles. The fraction of sp³-hybridized carbons (Fsp3) is 0.619. The minimum absolute atomic E-state index is 0.170. The lowest BCUT2D eigenvalue weighted by Gasteiger charge is -2.37. The van der Waals surface area contributed by atoms with Crippen molar-refractivity contribution in [1.82, 2.24) is 9.97 Å². The average molecular weight is 370 g/mol. The van der Waals surface area contributed by atoms with E-state index in [1.54, 1.807) is 0 Å². The number of nitrogens with one attached hydrogen (secondary N) is 1. The Bertz CT molecular complexity index is 774. The van der Waals surface area contributed by atoms with E-state index in [0.29, 0.717) is 12.0 Å². The highest BCUT2D eigenvalue weighted by Gasteiger charge is 2.30. The van der Waals surface area contributed by atoms with Crippen molar-refractivity contribution in [1.29, 1.82) is 0 Å². The minimum Gasteiger partial charge on any atom is -0.396 e. The minimum atomic E-state index is 0.170. The van der Waals surface area contributed by atoms with E-state index in [4.69, 9.17) is 14.7 Å². The molecule has 0 spiro atoms. The van der Waals surface area contributed by atoms with Gasteiger partial charge in [-0.2, -0.15) is 0 Å². The van der Waals surface area contributed by atoms with Crippen LogP contribution >= 0.6 is 0 Å². The lowest BCUT2D eigenvalue weighted by atomic mass is 10.00. The molecule has 1 aliphatic heterocycles. The van der Waals surface area contributed by atoms with Gasteiger partial charge in [0.25, 0.3) is 0 Å². The normalized spacial score (nSPS) is 28.6. The third-order valence-electron chi connectivity index (χ3n) is 5.75. The number of nitrogens with zero attached hydrogens (tertiary/aromatic N) is 3. The van der Waals surface area contributed by atoms with E-state index in [1.165, 1.54) is 12.8 Å². The molecule has 146 valence electrons. The molecule has 0 bridgehead atoms. The topological polar surface area (TPSA) is 70.5 Å². The lowest BCUT2D eigenvalue weighted by Crippen LogP contribution is -2.46. The summed E-state index contributed by atoms with van der Waals surface area (Å²) in [5.41, 5.74) is 1.83. The second-order valence-electron chi connectivity index (χ2n) is 8.00. The van der Waals surface area contributed by atoms with Crippen LogP contribution < -0.4 is 10.2 Å². The highest BCUT2D eigenvalue weighted by Crippen LogP contribution is 2.34. The summed E-state index contributed by atoms with van der Waals surface area (Å²) in [7, 11) is 0. The Kier molecular flexibility index (Phi) is 5.45. The number of hydrogen-bond acceptors (Lipinski definition) is 6. The number of anilines is 2. The number of hydrogen-bond donors (Lipinski definition) is 2. The van der Waals surface area contributed by atoms with Crippen molar-refractivity contribution in [2.45, 2.75) is 57.8 Å². The van der Waals surface area contributed by atoms with Gasteiger partial charge < -0.3 is 20.1 Å². The van der Waals surface area contributed by atoms with Crippen LogP contribution in [-0.2, 0) is 4.74 Å². The van der Waals surface area contributed by atoms with E-state index in [9.17, 15) is 5.11 Å². The van der Waals surface area contributed by atoms with Crippen LogP contribution in [0, 0.1) is 5.92 Å². The van der Waals surface area contributed by atoms with E-state index in [1.807, 2.05) is 24.3 Å². The first-order valence-electron chi connectivity index (χ1n) is 10.2. The van der Waals surface area contributed by atoms with E-state index < -0.39 is 0 Å². The van der Waals surface area contributed by atoms with Crippen LogP contribution in [0.15, 0.2) is 24.3 Å². The number of para-hydroxylation sites is 2. The molecule has 1 aromatic heterocycles. The summed E-state index contributed by atoms with van der Waals surface area (Å²) in [6, 6.07) is 8.40. The van der Waals surface area contributed by atoms with E-state index in [0.717, 1.165) is 48.6 Å². The van der Waals surface area contributed by atoms with Gasteiger partial charge in [0.2, 0.25) is 0 Å². The molecule has 2 aliphatic rings. The molecule has 2 aromatic rings. The third-order valence-corrected chi connectivity index (χ3v) is 5.75. The van der Waals surface area contributed by atoms with Crippen molar-refractivity contribution in [3.05, 3.63) is 24.3 Å². The summed E-state index contributed by atoms with van der Waals surface area (Å²) in [5, 5.41) is 13.1. The second-order valence-corrected chi connectivity index (χ2v) is 8.00. The van der Waals surface area contributed by atoms with Crippen LogP contribution in [-0.4, -0.2) is 53.0 Å². The summed E-state index contributed by atoms with van der Waals surface area (Å²) in [6.07, 6.45) is 4.67. The number of rotatable bonds is 5. The SMILES string of the molecule is CC1CN(c2nc3ccccc3nc2NC2CCCC2CCO)CC(C)O1. The van der Waals surface area contributed by atoms with Gasteiger partial charge in [-0.15, -0.1) is 0 Å². The Balaban J connectivity index is 1.69. The maximum Gasteiger partial charge on any atom is 0.172 e. The molecule has 1 saturated heterocycles. The van der Waals surface area contributed by atoms with Crippen LogP contribution in [0.5, 0.6) is 0 Å². The van der Waals surface area contributed by atoms with Crippen molar-refractivity contribution in [3.8, 4) is 0 Å². The van der Waals surface area contributed by atoms with Gasteiger partial charge in [0.15, 0.2) is 11.6 Å². The summed E-state index contributed by atoms with van der Waals surface area (Å²) in [6.45, 7) is 6.10. The van der Waals surface area contributed by atoms with Gasteiger partial charge in [-0.1, -0.05) is 18.6 Å². The van der Waals surface area contributed by atoms with Crippen LogP contribution in [0.2, 0.25) is 0 Å². The van der Waals surface area contributed by atoms with Crippen molar-refractivity contribution < 1.29 is 9.84 Å². The quantitative estimate of drug-likeness (QED) is 0.842. The maximum absolute atomic E-state index is 9.39. The zero-order valence-electron chi connectivity index (χ0n) is 16.3. The summed E-state index contributed by atoms with van der Waals surface area (Å²) < 4.78 is 5.91. The molecule has 0 amide bonds. The van der Waals surface area contributed by atoms with Gasteiger partial charge in [0.05, 0.1) is 23.2 Å². The number of aliphatic hydroxyl groups excluding tert-OH is 1. The molecule has 4 unspecified atom stereocenters. The number of ether oxygens (including phenoxy) is 1. The Morgan fingerprint density at radius 3 is 2.52 bits per heavy atom. The Labute approximate surface area is 161 Å². The molecule has 27 heavy (non-hydrogen) atoms. The van der Waals surface area contributed by atoms with Crippen LogP contribution in [0.4, 0.5) is 11.6 Å². The number of morpholine rings is 1. The molecular weight excluding hydrogens is 340 g/mol. The molecule has 2 fully saturated rings. The van der Waals surface area contributed by atoms with Gasteiger partial charge in [0.1, 0.15) is 0 Å². The molecule has 4 rings (SSSR count). The van der Waals surface area contributed by atoms with Crippen molar-refractivity contribution >= 4 is 22.7 Å². The fourth-order valence-electron chi connectivity index (χ4n) is 4.57. The Hall–Kier alpha value is -1.92. The van der Waals surface area contributed by atoms with Crippen LogP contribution in [0.3, 0.4) is 0 Å². The highest BCUT2D eigenvalue weighted by molar-refractivity contribution is 5.80. The van der Waals surface area contributed by atoms with Crippen molar-refractivity contribution in [2.24, 2.45) is 5.92 Å². The second kappa shape index (κ2) is 7.98. The van der Waals surface area contributed by atoms with Crippen LogP contribution in [0.25, 0.3) is 11.0 Å². The van der Waals surface area contributed by atoms with Gasteiger partial charge in [0, 0.05) is 25.7 Å². The Morgan fingerprint density at radius 1 is 1.11 bits per heavy atom. The average Bonchev–Trinajstić information content (AvgIpc) is 3.07. The van der Waals surface area contributed by atoms with E-state index >= 15 is 0 Å². The predicted octanol–water partition coefficient (Wildman–Crippen LogP) is 3.21. The standard InChI is InChI=1S/C21H30N4O2/c1-14-12-25(13-15(2)27-14)21-20(22-17-9-5-6-16(17)10-11-26)23-18-7-3-4-8-19(18)24-21/h3-4,7-8,14-17,26H,5-6,9-13H2,1-2H3,(H,22,23). The van der Waals surface area contributed by atoms with Gasteiger partial charge in [-0.3, -0.25) is 0 Å². The van der Waals surface area contributed by atoms with Crippen LogP contribution in [0.1, 0.15) is 39.5 Å². The highest BCUT2D eigenvalue weighted by atomic mass is 16.5. The molecule has 4 atom stereocenters. The monoisotopic (exact) mass is 370 g/mol. The summed E-state index contributed by atoms with van der Waals surface area (Å²) in [5.74, 6) is 2.29. The zero-order valence-corrected chi connectivity index (χ0v) is 16.3. The first-order valence-corrected chi connectivity index (χ1v) is 10.2. The van der Waals surface area contributed by atoms with Crippen molar-refractivity contribution in [3.63, 3.8) is 0 Å². The fourth-order valence-corrected chi connectivity index (χ4v) is 4.57. The number of fused-ring (bicyclic) bond motifs is 1. The van der Waals surface area contributed by atoms with Gasteiger partial charge in [-0.25, -0.2) is 9.97 Å². The first-order chi connectivity index (χ1) is 13.1. The summed E-state index contributed by atoms with van der Waals surface area (Å²) in [4.78, 5) is 12.2. The largest absolute Gasteiger partial charge is 0.396 e. The molecule has 2 heterocycles. The molecular formula is C21H30N4O2. The maximum atomic E-state index is 9.39. The molecule has 6 nitrogen and oxygen atoms in total. The van der Waals surface area contributed by atoms with Gasteiger partial charge in [-0.05, 0) is 51.2 Å². The molecule has 2 N–H and O–H groups in total. The van der Waals surface area contributed by atoms with Crippen molar-refractivity contribution in [2.75, 3.05) is 29.9 Å². The molecule has 0 radical (unpaired) electrons. The van der Waals surface area contributed by atoms with E-state index in [2.05, 4.69) is 24.1 Å². The molecule has 1 saturated carbocycles. The predicted molar refractivity (Wildman–Crippen MR) is 108 cm³/mol. The Morgan fingerprint density at radius 2 is 1.81 bits per heavy atom. The lowest BCUT2D eigenvalue weighted by molar-refractivity contribution is -0.00541. The van der Waals surface area contributed by atoms with E-state index in [-0.39, 0.29) is 18.8 Å². The first kappa shape index (κ1) is 18.4. The third kappa shape index (κ3) is 4.01. The smallest absolute Gasteiger partial charge is 0.172 e. The molecule has 1 aliphatic carbocycles. The van der Waals surface area contributed by atoms with Gasteiger partial charge >= 0.3 is 0 Å². The zero-order chi connectivity index (χ0) is 18.8.